The van der Waals surface area contributed by atoms with Crippen LogP contribution in [0.3, 0.4) is 0 Å². The number of carbonyl (C=O) groups is 1. The summed E-state index contributed by atoms with van der Waals surface area (Å²) in [5, 5.41) is 0. The van der Waals surface area contributed by atoms with Crippen LogP contribution in [0.4, 0.5) is 0 Å². The van der Waals surface area contributed by atoms with E-state index in [9.17, 15) is 4.79 Å². The molecule has 0 amide bonds. The first-order valence-corrected chi connectivity index (χ1v) is 6.08. The summed E-state index contributed by atoms with van der Waals surface area (Å²) < 4.78 is 12.0. The van der Waals surface area contributed by atoms with E-state index in [-0.39, 0.29) is 6.10 Å². The second kappa shape index (κ2) is 5.46. The number of benzene rings is 1. The lowest BCUT2D eigenvalue weighted by Crippen LogP contribution is -2.28. The van der Waals surface area contributed by atoms with E-state index < -0.39 is 0 Å². The molecule has 1 unspecified atom stereocenters. The molecule has 1 heterocycles. The van der Waals surface area contributed by atoms with Crippen LogP contribution >= 0.6 is 15.9 Å². The van der Waals surface area contributed by atoms with Crippen molar-refractivity contribution < 1.29 is 14.3 Å². The van der Waals surface area contributed by atoms with Crippen LogP contribution in [-0.2, 0) is 4.74 Å². The Kier molecular flexibility index (Phi) is 3.96. The van der Waals surface area contributed by atoms with Crippen molar-refractivity contribution in [1.82, 2.24) is 0 Å². The number of aldehydes is 1. The molecule has 1 fully saturated rings. The van der Waals surface area contributed by atoms with Crippen LogP contribution in [0.2, 0.25) is 0 Å². The lowest BCUT2D eigenvalue weighted by Gasteiger charge is -2.23. The van der Waals surface area contributed by atoms with Crippen LogP contribution in [0.15, 0.2) is 22.7 Å². The summed E-state index contributed by atoms with van der Waals surface area (Å²) in [6, 6.07) is 5.43. The van der Waals surface area contributed by atoms with Gasteiger partial charge >= 0.3 is 0 Å². The van der Waals surface area contributed by atoms with E-state index in [0.717, 1.165) is 30.2 Å². The van der Waals surface area contributed by atoms with E-state index in [2.05, 4.69) is 15.9 Å². The highest BCUT2D eigenvalue weighted by Crippen LogP contribution is 2.24. The van der Waals surface area contributed by atoms with Gasteiger partial charge in [-0.15, -0.1) is 0 Å². The predicted molar refractivity (Wildman–Crippen MR) is 64.0 cm³/mol. The van der Waals surface area contributed by atoms with Crippen molar-refractivity contribution in [2.24, 2.45) is 0 Å². The monoisotopic (exact) mass is 284 g/mol. The molecule has 2 rings (SSSR count). The van der Waals surface area contributed by atoms with Gasteiger partial charge in [0.1, 0.15) is 11.9 Å². The Bertz CT molecular complexity index is 373. The molecular weight excluding hydrogens is 272 g/mol. The molecule has 0 saturated carbocycles. The normalized spacial score (nSPS) is 20.4. The van der Waals surface area contributed by atoms with Crippen LogP contribution in [0, 0.1) is 0 Å². The third-order valence-electron chi connectivity index (χ3n) is 2.51. The Hall–Kier alpha value is -0.870. The Labute approximate surface area is 103 Å². The molecule has 16 heavy (non-hydrogen) atoms. The number of hydrogen-bond donors (Lipinski definition) is 0. The summed E-state index contributed by atoms with van der Waals surface area (Å²) in [7, 11) is 0. The predicted octanol–water partition coefficient (Wildman–Crippen LogP) is 2.82. The topological polar surface area (TPSA) is 35.5 Å². The molecule has 0 aromatic heterocycles. The molecule has 1 aliphatic heterocycles. The highest BCUT2D eigenvalue weighted by atomic mass is 79.9. The molecule has 3 nitrogen and oxygen atoms in total. The third kappa shape index (κ3) is 2.83. The smallest absolute Gasteiger partial charge is 0.153 e. The number of carbonyl (C=O) groups excluding carboxylic acids is 1. The SMILES string of the molecule is O=Cc1cc(Br)ccc1OC1CCCOC1. The molecule has 1 aromatic carbocycles. The van der Waals surface area contributed by atoms with E-state index in [4.69, 9.17) is 9.47 Å². The van der Waals surface area contributed by atoms with Gasteiger partial charge < -0.3 is 9.47 Å². The zero-order chi connectivity index (χ0) is 11.4. The molecule has 0 bridgehead atoms. The maximum absolute atomic E-state index is 10.9. The van der Waals surface area contributed by atoms with Gasteiger partial charge in [0.2, 0.25) is 0 Å². The minimum absolute atomic E-state index is 0.0635. The largest absolute Gasteiger partial charge is 0.487 e. The standard InChI is InChI=1S/C12H13BrO3/c13-10-3-4-12(9(6-10)7-14)16-11-2-1-5-15-8-11/h3-4,6-7,11H,1-2,5,8H2. The van der Waals surface area contributed by atoms with E-state index in [0.29, 0.717) is 17.9 Å². The first-order valence-electron chi connectivity index (χ1n) is 5.29. The molecular formula is C12H13BrO3. The zero-order valence-corrected chi connectivity index (χ0v) is 10.4. The number of rotatable bonds is 3. The van der Waals surface area contributed by atoms with Gasteiger partial charge in [-0.25, -0.2) is 0 Å². The van der Waals surface area contributed by atoms with Crippen molar-refractivity contribution in [1.29, 1.82) is 0 Å². The second-order valence-electron chi connectivity index (χ2n) is 3.76. The molecule has 0 N–H and O–H groups in total. The van der Waals surface area contributed by atoms with Gasteiger partial charge in [0, 0.05) is 11.1 Å². The van der Waals surface area contributed by atoms with Crippen LogP contribution in [-0.4, -0.2) is 25.6 Å². The van der Waals surface area contributed by atoms with Gasteiger partial charge in [-0.1, -0.05) is 15.9 Å². The van der Waals surface area contributed by atoms with Gasteiger partial charge in [-0.2, -0.15) is 0 Å². The maximum Gasteiger partial charge on any atom is 0.153 e. The van der Waals surface area contributed by atoms with Gasteiger partial charge in [0.25, 0.3) is 0 Å². The average molecular weight is 285 g/mol. The molecule has 1 atom stereocenters. The Morgan fingerprint density at radius 1 is 1.50 bits per heavy atom. The number of hydrogen-bond acceptors (Lipinski definition) is 3. The van der Waals surface area contributed by atoms with Crippen LogP contribution in [0.1, 0.15) is 23.2 Å². The first kappa shape index (κ1) is 11.6. The van der Waals surface area contributed by atoms with Crippen molar-refractivity contribution in [3.63, 3.8) is 0 Å². The fourth-order valence-corrected chi connectivity index (χ4v) is 2.08. The van der Waals surface area contributed by atoms with Gasteiger partial charge in [-0.05, 0) is 31.0 Å². The minimum atomic E-state index is 0.0635. The molecule has 86 valence electrons. The van der Waals surface area contributed by atoms with Crippen molar-refractivity contribution in [2.75, 3.05) is 13.2 Å². The molecule has 4 heteroatoms. The van der Waals surface area contributed by atoms with E-state index in [1.807, 2.05) is 12.1 Å². The number of ether oxygens (including phenoxy) is 2. The van der Waals surface area contributed by atoms with Crippen LogP contribution in [0.5, 0.6) is 5.75 Å². The first-order chi connectivity index (χ1) is 7.79. The van der Waals surface area contributed by atoms with Gasteiger partial charge in [-0.3, -0.25) is 4.79 Å². The lowest BCUT2D eigenvalue weighted by atomic mass is 10.1. The van der Waals surface area contributed by atoms with Crippen LogP contribution < -0.4 is 4.74 Å². The van der Waals surface area contributed by atoms with Crippen molar-refractivity contribution in [3.05, 3.63) is 28.2 Å². The summed E-state index contributed by atoms with van der Waals surface area (Å²) in [6.45, 7) is 1.41. The quantitative estimate of drug-likeness (QED) is 0.801. The van der Waals surface area contributed by atoms with Gasteiger partial charge in [0.15, 0.2) is 6.29 Å². The van der Waals surface area contributed by atoms with E-state index in [1.54, 1.807) is 6.07 Å². The second-order valence-corrected chi connectivity index (χ2v) is 4.67. The molecule has 1 saturated heterocycles. The maximum atomic E-state index is 10.9. The Morgan fingerprint density at radius 2 is 2.38 bits per heavy atom. The highest BCUT2D eigenvalue weighted by Gasteiger charge is 2.16. The minimum Gasteiger partial charge on any atom is -0.487 e. The average Bonchev–Trinajstić information content (AvgIpc) is 2.33. The fraction of sp³-hybridized carbons (Fsp3) is 0.417. The zero-order valence-electron chi connectivity index (χ0n) is 8.82. The molecule has 1 aliphatic rings. The summed E-state index contributed by atoms with van der Waals surface area (Å²) >= 11 is 3.32. The Morgan fingerprint density at radius 3 is 3.06 bits per heavy atom. The number of halogens is 1. The molecule has 0 radical (unpaired) electrons. The summed E-state index contributed by atoms with van der Waals surface area (Å²) in [6.07, 6.45) is 2.86. The third-order valence-corrected chi connectivity index (χ3v) is 3.00. The summed E-state index contributed by atoms with van der Waals surface area (Å²) in [5.41, 5.74) is 0.569. The van der Waals surface area contributed by atoms with E-state index >= 15 is 0 Å². The summed E-state index contributed by atoms with van der Waals surface area (Å²) in [5.74, 6) is 0.633. The Balaban J connectivity index is 2.10. The van der Waals surface area contributed by atoms with Gasteiger partial charge in [0.05, 0.1) is 12.2 Å². The summed E-state index contributed by atoms with van der Waals surface area (Å²) in [4.78, 5) is 10.9. The highest BCUT2D eigenvalue weighted by molar-refractivity contribution is 9.10. The van der Waals surface area contributed by atoms with Crippen LogP contribution in [0.25, 0.3) is 0 Å². The van der Waals surface area contributed by atoms with Crippen molar-refractivity contribution in [3.8, 4) is 5.75 Å². The molecule has 0 spiro atoms. The molecule has 0 aliphatic carbocycles. The van der Waals surface area contributed by atoms with Crippen molar-refractivity contribution in [2.45, 2.75) is 18.9 Å². The van der Waals surface area contributed by atoms with Crippen molar-refractivity contribution >= 4 is 22.2 Å². The fourth-order valence-electron chi connectivity index (χ4n) is 1.70. The van der Waals surface area contributed by atoms with E-state index in [1.165, 1.54) is 0 Å². The molecule has 1 aromatic rings. The lowest BCUT2D eigenvalue weighted by molar-refractivity contribution is 0.00719.